The number of fused-ring (bicyclic) bond motifs is 1. The van der Waals surface area contributed by atoms with Crippen LogP contribution in [0.25, 0.3) is 5.69 Å². The highest BCUT2D eigenvalue weighted by molar-refractivity contribution is 7.10. The number of benzene rings is 1. The third-order valence-corrected chi connectivity index (χ3v) is 4.91. The molecule has 0 fully saturated rings. The smallest absolute Gasteiger partial charge is 0.0858 e. The summed E-state index contributed by atoms with van der Waals surface area (Å²) in [5.41, 5.74) is 3.60. The Kier molecular flexibility index (Phi) is 3.20. The molecule has 1 aliphatic rings. The molecule has 1 unspecified atom stereocenters. The van der Waals surface area contributed by atoms with E-state index >= 15 is 0 Å². The molecular formula is C16H16N4S. The Morgan fingerprint density at radius 3 is 2.71 bits per heavy atom. The Morgan fingerprint density at radius 1 is 1.10 bits per heavy atom. The van der Waals surface area contributed by atoms with Crippen LogP contribution < -0.4 is 5.32 Å². The summed E-state index contributed by atoms with van der Waals surface area (Å²) >= 11 is 1.88. The van der Waals surface area contributed by atoms with Gasteiger partial charge in [0.05, 0.1) is 24.1 Å². The summed E-state index contributed by atoms with van der Waals surface area (Å²) in [5.74, 6) is 0. The molecule has 1 aliphatic carbocycles. The van der Waals surface area contributed by atoms with E-state index in [4.69, 9.17) is 0 Å². The molecule has 0 spiro atoms. The maximum atomic E-state index is 4.14. The monoisotopic (exact) mass is 296 g/mol. The maximum absolute atomic E-state index is 4.14. The van der Waals surface area contributed by atoms with E-state index in [1.54, 1.807) is 17.2 Å². The van der Waals surface area contributed by atoms with Crippen LogP contribution in [0.5, 0.6) is 0 Å². The first-order chi connectivity index (χ1) is 10.4. The van der Waals surface area contributed by atoms with Crippen LogP contribution in [0.2, 0.25) is 0 Å². The number of thiophene rings is 1. The Morgan fingerprint density at radius 2 is 1.90 bits per heavy atom. The molecule has 0 aliphatic heterocycles. The molecule has 4 rings (SSSR count). The van der Waals surface area contributed by atoms with Gasteiger partial charge in [-0.25, -0.2) is 0 Å². The van der Waals surface area contributed by atoms with Crippen molar-refractivity contribution in [1.29, 1.82) is 0 Å². The predicted molar refractivity (Wildman–Crippen MR) is 85.0 cm³/mol. The molecule has 106 valence electrons. The van der Waals surface area contributed by atoms with E-state index in [-0.39, 0.29) is 0 Å². The SMILES string of the molecule is c1cnn(-c2ccc(NC3CCCc4sccc43)cc2)n1. The molecule has 1 N–H and O–H groups in total. The molecule has 21 heavy (non-hydrogen) atoms. The molecule has 1 atom stereocenters. The average molecular weight is 296 g/mol. The van der Waals surface area contributed by atoms with Gasteiger partial charge in [0.1, 0.15) is 0 Å². The Labute approximate surface area is 127 Å². The first kappa shape index (κ1) is 12.6. The molecule has 0 saturated heterocycles. The standard InChI is InChI=1S/C16H16N4S/c1-2-15(14-8-11-21-16(14)3-1)19-12-4-6-13(7-5-12)20-17-9-10-18-20/h4-11,15,19H,1-3H2. The molecule has 0 saturated carbocycles. The van der Waals surface area contributed by atoms with Crippen molar-refractivity contribution in [3.8, 4) is 5.69 Å². The van der Waals surface area contributed by atoms with Gasteiger partial charge in [-0.05, 0) is 60.5 Å². The lowest BCUT2D eigenvalue weighted by Gasteiger charge is -2.24. The highest BCUT2D eigenvalue weighted by Crippen LogP contribution is 2.35. The number of nitrogens with zero attached hydrogens (tertiary/aromatic N) is 3. The highest BCUT2D eigenvalue weighted by atomic mass is 32.1. The molecular weight excluding hydrogens is 280 g/mol. The van der Waals surface area contributed by atoms with E-state index in [1.807, 2.05) is 23.5 Å². The lowest BCUT2D eigenvalue weighted by Crippen LogP contribution is -2.15. The van der Waals surface area contributed by atoms with Gasteiger partial charge in [-0.3, -0.25) is 0 Å². The summed E-state index contributed by atoms with van der Waals surface area (Å²) in [4.78, 5) is 3.16. The molecule has 5 heteroatoms. The van der Waals surface area contributed by atoms with Gasteiger partial charge in [-0.15, -0.1) is 11.3 Å². The van der Waals surface area contributed by atoms with E-state index in [1.165, 1.54) is 29.7 Å². The number of anilines is 1. The van der Waals surface area contributed by atoms with Crippen LogP contribution in [0.15, 0.2) is 48.1 Å². The topological polar surface area (TPSA) is 42.7 Å². The van der Waals surface area contributed by atoms with E-state index in [2.05, 4.69) is 39.1 Å². The average Bonchev–Trinajstić information content (AvgIpc) is 3.20. The summed E-state index contributed by atoms with van der Waals surface area (Å²) in [6, 6.07) is 11.0. The Bertz CT molecular complexity index is 715. The zero-order valence-electron chi connectivity index (χ0n) is 11.6. The van der Waals surface area contributed by atoms with Crippen LogP contribution in [0, 0.1) is 0 Å². The van der Waals surface area contributed by atoms with E-state index in [0.717, 1.165) is 11.4 Å². The molecule has 4 nitrogen and oxygen atoms in total. The summed E-state index contributed by atoms with van der Waals surface area (Å²) in [6.45, 7) is 0. The highest BCUT2D eigenvalue weighted by Gasteiger charge is 2.20. The van der Waals surface area contributed by atoms with Gasteiger partial charge in [0.25, 0.3) is 0 Å². The summed E-state index contributed by atoms with van der Waals surface area (Å²) in [5, 5.41) is 14.1. The second-order valence-corrected chi connectivity index (χ2v) is 6.25. The number of aromatic nitrogens is 3. The van der Waals surface area contributed by atoms with Crippen molar-refractivity contribution in [3.63, 3.8) is 0 Å². The van der Waals surface area contributed by atoms with Crippen molar-refractivity contribution < 1.29 is 0 Å². The van der Waals surface area contributed by atoms with Crippen molar-refractivity contribution in [2.45, 2.75) is 25.3 Å². The first-order valence-electron chi connectivity index (χ1n) is 7.20. The molecule has 0 amide bonds. The summed E-state index contributed by atoms with van der Waals surface area (Å²) < 4.78 is 0. The lowest BCUT2D eigenvalue weighted by atomic mass is 9.94. The maximum Gasteiger partial charge on any atom is 0.0858 e. The second-order valence-electron chi connectivity index (χ2n) is 5.25. The predicted octanol–water partition coefficient (Wildman–Crippen LogP) is 3.82. The van der Waals surface area contributed by atoms with E-state index in [0.29, 0.717) is 6.04 Å². The third kappa shape index (κ3) is 2.45. The fraction of sp³-hybridized carbons (Fsp3) is 0.250. The normalized spacial score (nSPS) is 17.4. The van der Waals surface area contributed by atoms with E-state index in [9.17, 15) is 0 Å². The van der Waals surface area contributed by atoms with Gasteiger partial charge in [-0.2, -0.15) is 15.0 Å². The van der Waals surface area contributed by atoms with Crippen molar-refractivity contribution in [1.82, 2.24) is 15.0 Å². The van der Waals surface area contributed by atoms with Crippen LogP contribution in [0.1, 0.15) is 29.3 Å². The van der Waals surface area contributed by atoms with Gasteiger partial charge in [-0.1, -0.05) is 0 Å². The largest absolute Gasteiger partial charge is 0.378 e. The number of hydrogen-bond donors (Lipinski definition) is 1. The quantitative estimate of drug-likeness (QED) is 0.799. The van der Waals surface area contributed by atoms with Crippen LogP contribution >= 0.6 is 11.3 Å². The van der Waals surface area contributed by atoms with Crippen LogP contribution in [0.4, 0.5) is 5.69 Å². The number of hydrogen-bond acceptors (Lipinski definition) is 4. The second kappa shape index (κ2) is 5.33. The number of nitrogens with one attached hydrogen (secondary N) is 1. The first-order valence-corrected chi connectivity index (χ1v) is 8.08. The van der Waals surface area contributed by atoms with Gasteiger partial charge in [0.15, 0.2) is 0 Å². The molecule has 1 aromatic carbocycles. The van der Waals surface area contributed by atoms with Crippen molar-refractivity contribution in [2.24, 2.45) is 0 Å². The zero-order valence-corrected chi connectivity index (χ0v) is 12.4. The van der Waals surface area contributed by atoms with Crippen LogP contribution in [-0.2, 0) is 6.42 Å². The molecule has 2 heterocycles. The zero-order chi connectivity index (χ0) is 14.1. The van der Waals surface area contributed by atoms with Gasteiger partial charge in [0.2, 0.25) is 0 Å². The van der Waals surface area contributed by atoms with E-state index < -0.39 is 0 Å². The number of aryl methyl sites for hydroxylation is 1. The number of rotatable bonds is 3. The van der Waals surface area contributed by atoms with Gasteiger partial charge in [0, 0.05) is 10.6 Å². The fourth-order valence-corrected chi connectivity index (χ4v) is 3.87. The molecule has 0 bridgehead atoms. The third-order valence-electron chi connectivity index (χ3n) is 3.91. The van der Waals surface area contributed by atoms with Crippen molar-refractivity contribution in [2.75, 3.05) is 5.32 Å². The molecule has 0 radical (unpaired) electrons. The lowest BCUT2D eigenvalue weighted by molar-refractivity contribution is 0.609. The summed E-state index contributed by atoms with van der Waals surface area (Å²) in [7, 11) is 0. The molecule has 3 aromatic rings. The summed E-state index contributed by atoms with van der Waals surface area (Å²) in [6.07, 6.45) is 7.07. The van der Waals surface area contributed by atoms with Gasteiger partial charge < -0.3 is 5.32 Å². The minimum absolute atomic E-state index is 0.439. The van der Waals surface area contributed by atoms with Crippen LogP contribution in [0.3, 0.4) is 0 Å². The minimum atomic E-state index is 0.439. The minimum Gasteiger partial charge on any atom is -0.378 e. The van der Waals surface area contributed by atoms with Gasteiger partial charge >= 0.3 is 0 Å². The van der Waals surface area contributed by atoms with Crippen molar-refractivity contribution >= 4 is 17.0 Å². The molecule has 2 aromatic heterocycles. The van der Waals surface area contributed by atoms with Crippen molar-refractivity contribution in [3.05, 3.63) is 58.5 Å². The Hall–Kier alpha value is -2.14. The van der Waals surface area contributed by atoms with Crippen LogP contribution in [-0.4, -0.2) is 15.0 Å². The Balaban J connectivity index is 1.54. The fourth-order valence-electron chi connectivity index (χ4n) is 2.88.